The van der Waals surface area contributed by atoms with E-state index in [1.165, 1.54) is 47.6 Å². The quantitative estimate of drug-likeness (QED) is 0.424. The number of benzene rings is 2. The van der Waals surface area contributed by atoms with Crippen molar-refractivity contribution in [2.45, 2.75) is 0 Å². The number of carboxylic acids is 1. The van der Waals surface area contributed by atoms with Crippen LogP contribution in [0.4, 0.5) is 5.69 Å². The van der Waals surface area contributed by atoms with Crippen molar-refractivity contribution < 1.29 is 15.0 Å². The van der Waals surface area contributed by atoms with Gasteiger partial charge in [-0.3, -0.25) is 0 Å². The lowest BCUT2D eigenvalue weighted by molar-refractivity contribution is 0.0697. The van der Waals surface area contributed by atoms with E-state index in [0.29, 0.717) is 10.7 Å². The maximum absolute atomic E-state index is 10.9. The molecule has 0 aliphatic heterocycles. The number of aromatic hydroxyl groups is 1. The zero-order valence-electron chi connectivity index (χ0n) is 12.0. The number of anilines is 1. The molecular formula is C15H11Cl2N3O3S. The molecule has 0 heterocycles. The highest BCUT2D eigenvalue weighted by molar-refractivity contribution is 7.80. The Kier molecular flexibility index (Phi) is 5.61. The van der Waals surface area contributed by atoms with Crippen LogP contribution in [0.2, 0.25) is 10.0 Å². The van der Waals surface area contributed by atoms with Crippen LogP contribution >= 0.6 is 35.4 Å². The summed E-state index contributed by atoms with van der Waals surface area (Å²) in [4.78, 5) is 10.9. The number of carboxylic acid groups (broad SMARTS) is 1. The van der Waals surface area contributed by atoms with Gasteiger partial charge in [0.15, 0.2) is 5.11 Å². The first kappa shape index (κ1) is 18.0. The third kappa shape index (κ3) is 4.14. The third-order valence-corrected chi connectivity index (χ3v) is 3.62. The highest BCUT2D eigenvalue weighted by Crippen LogP contribution is 2.30. The van der Waals surface area contributed by atoms with Gasteiger partial charge in [0, 0.05) is 10.6 Å². The van der Waals surface area contributed by atoms with Crippen LogP contribution in [0.1, 0.15) is 15.9 Å². The van der Waals surface area contributed by atoms with Crippen LogP contribution in [0.3, 0.4) is 0 Å². The molecule has 24 heavy (non-hydrogen) atoms. The summed E-state index contributed by atoms with van der Waals surface area (Å²) in [5, 5.41) is 24.5. The van der Waals surface area contributed by atoms with Crippen molar-refractivity contribution in [1.29, 1.82) is 0 Å². The summed E-state index contributed by atoms with van der Waals surface area (Å²) >= 11 is 16.7. The van der Waals surface area contributed by atoms with Gasteiger partial charge < -0.3 is 15.9 Å². The Morgan fingerprint density at radius 3 is 2.42 bits per heavy atom. The van der Waals surface area contributed by atoms with E-state index >= 15 is 0 Å². The number of nitrogens with two attached hydrogens (primary N) is 1. The molecule has 9 heteroatoms. The lowest BCUT2D eigenvalue weighted by Crippen LogP contribution is -2.31. The number of halogens is 2. The first-order valence-corrected chi connectivity index (χ1v) is 7.61. The SMILES string of the molecule is NC(=S)N(N=Cc1cc(Cl)cc(Cl)c1O)c1ccc(C(=O)O)cc1. The Morgan fingerprint density at radius 2 is 1.88 bits per heavy atom. The van der Waals surface area contributed by atoms with Crippen molar-refractivity contribution in [3.63, 3.8) is 0 Å². The third-order valence-electron chi connectivity index (χ3n) is 2.94. The van der Waals surface area contributed by atoms with Crippen molar-refractivity contribution in [2.75, 3.05) is 5.01 Å². The minimum Gasteiger partial charge on any atom is -0.506 e. The molecule has 0 unspecified atom stereocenters. The van der Waals surface area contributed by atoms with Gasteiger partial charge >= 0.3 is 5.97 Å². The number of rotatable bonds is 4. The fourth-order valence-electron chi connectivity index (χ4n) is 1.80. The number of hydrazone groups is 1. The number of phenolic OH excluding ortho intramolecular Hbond substituents is 1. The lowest BCUT2D eigenvalue weighted by atomic mass is 10.2. The summed E-state index contributed by atoms with van der Waals surface area (Å²) in [5.74, 6) is -1.24. The fraction of sp³-hybridized carbons (Fsp3) is 0. The van der Waals surface area contributed by atoms with E-state index in [1.54, 1.807) is 0 Å². The van der Waals surface area contributed by atoms with Gasteiger partial charge in [-0.05, 0) is 48.6 Å². The standard InChI is InChI=1S/C15H11Cl2N3O3S/c16-10-5-9(13(21)12(17)6-10)7-19-20(15(18)24)11-3-1-8(2-4-11)14(22)23/h1-7,21H,(H2,18,24)(H,22,23). The second-order valence-corrected chi connectivity index (χ2v) is 5.83. The van der Waals surface area contributed by atoms with Crippen molar-refractivity contribution in [3.8, 4) is 5.75 Å². The van der Waals surface area contributed by atoms with Gasteiger partial charge in [-0.2, -0.15) is 5.10 Å². The number of hydrogen-bond donors (Lipinski definition) is 3. The number of carbonyl (C=O) groups is 1. The van der Waals surface area contributed by atoms with Crippen molar-refractivity contribution >= 4 is 58.4 Å². The predicted molar refractivity (Wildman–Crippen MR) is 98.4 cm³/mol. The molecule has 0 spiro atoms. The second-order valence-electron chi connectivity index (χ2n) is 4.57. The Labute approximate surface area is 152 Å². The van der Waals surface area contributed by atoms with Crippen LogP contribution in [0, 0.1) is 0 Å². The van der Waals surface area contributed by atoms with E-state index in [-0.39, 0.29) is 27.0 Å². The lowest BCUT2D eigenvalue weighted by Gasteiger charge is -2.17. The molecule has 0 aliphatic carbocycles. The molecular weight excluding hydrogens is 373 g/mol. The molecule has 0 radical (unpaired) electrons. The number of hydrogen-bond acceptors (Lipinski definition) is 4. The van der Waals surface area contributed by atoms with Crippen molar-refractivity contribution in [1.82, 2.24) is 0 Å². The highest BCUT2D eigenvalue weighted by Gasteiger charge is 2.11. The number of aromatic carboxylic acids is 1. The van der Waals surface area contributed by atoms with Crippen LogP contribution in [-0.2, 0) is 0 Å². The topological polar surface area (TPSA) is 99.1 Å². The van der Waals surface area contributed by atoms with E-state index in [0.717, 1.165) is 0 Å². The largest absolute Gasteiger partial charge is 0.506 e. The molecule has 2 rings (SSSR count). The van der Waals surface area contributed by atoms with Crippen LogP contribution in [0.5, 0.6) is 5.75 Å². The molecule has 2 aromatic rings. The zero-order valence-corrected chi connectivity index (χ0v) is 14.3. The molecule has 0 saturated heterocycles. The minimum atomic E-state index is -1.05. The highest BCUT2D eigenvalue weighted by atomic mass is 35.5. The van der Waals surface area contributed by atoms with E-state index < -0.39 is 5.97 Å². The fourth-order valence-corrected chi connectivity index (χ4v) is 2.46. The van der Waals surface area contributed by atoms with Gasteiger partial charge in [-0.15, -0.1) is 0 Å². The van der Waals surface area contributed by atoms with E-state index in [4.69, 9.17) is 46.3 Å². The average molecular weight is 384 g/mol. The maximum atomic E-state index is 10.9. The summed E-state index contributed by atoms with van der Waals surface area (Å²) in [7, 11) is 0. The van der Waals surface area contributed by atoms with E-state index in [2.05, 4.69) is 5.10 Å². The van der Waals surface area contributed by atoms with Crippen LogP contribution in [0.25, 0.3) is 0 Å². The molecule has 0 aromatic heterocycles. The maximum Gasteiger partial charge on any atom is 0.335 e. The number of thiocarbonyl (C=S) groups is 1. The predicted octanol–water partition coefficient (Wildman–Crippen LogP) is 3.48. The molecule has 0 bridgehead atoms. The van der Waals surface area contributed by atoms with Crippen LogP contribution < -0.4 is 10.7 Å². The minimum absolute atomic E-state index is 0.0676. The molecule has 124 valence electrons. The molecule has 4 N–H and O–H groups in total. The summed E-state index contributed by atoms with van der Waals surface area (Å²) in [6.45, 7) is 0. The molecule has 6 nitrogen and oxygen atoms in total. The molecule has 2 aromatic carbocycles. The first-order valence-electron chi connectivity index (χ1n) is 6.44. The Morgan fingerprint density at radius 1 is 1.25 bits per heavy atom. The average Bonchev–Trinajstić information content (AvgIpc) is 2.52. The summed E-state index contributed by atoms with van der Waals surface area (Å²) in [6, 6.07) is 8.66. The van der Waals surface area contributed by atoms with Gasteiger partial charge in [-0.1, -0.05) is 23.2 Å². The molecule has 0 atom stereocenters. The van der Waals surface area contributed by atoms with Crippen LogP contribution in [0.15, 0.2) is 41.5 Å². The molecule has 0 amide bonds. The molecule has 0 aliphatic rings. The van der Waals surface area contributed by atoms with Gasteiger partial charge in [0.2, 0.25) is 0 Å². The van der Waals surface area contributed by atoms with Crippen molar-refractivity contribution in [2.24, 2.45) is 10.8 Å². The van der Waals surface area contributed by atoms with Gasteiger partial charge in [-0.25, -0.2) is 9.80 Å². The number of nitrogens with zero attached hydrogens (tertiary/aromatic N) is 2. The Hall–Kier alpha value is -2.35. The smallest absolute Gasteiger partial charge is 0.335 e. The monoisotopic (exact) mass is 383 g/mol. The second kappa shape index (κ2) is 7.48. The summed E-state index contributed by atoms with van der Waals surface area (Å²) in [5.41, 5.74) is 6.49. The van der Waals surface area contributed by atoms with Gasteiger partial charge in [0.25, 0.3) is 0 Å². The van der Waals surface area contributed by atoms with Crippen LogP contribution in [-0.4, -0.2) is 27.5 Å². The summed E-state index contributed by atoms with van der Waals surface area (Å²) < 4.78 is 0. The van der Waals surface area contributed by atoms with E-state index in [1.807, 2.05) is 0 Å². The normalized spacial score (nSPS) is 10.8. The van der Waals surface area contributed by atoms with Crippen molar-refractivity contribution in [3.05, 3.63) is 57.6 Å². The van der Waals surface area contributed by atoms with Gasteiger partial charge in [0.1, 0.15) is 5.75 Å². The summed E-state index contributed by atoms with van der Waals surface area (Å²) in [6.07, 6.45) is 1.29. The first-order chi connectivity index (χ1) is 11.3. The molecule has 0 fully saturated rings. The Balaban J connectivity index is 2.35. The van der Waals surface area contributed by atoms with E-state index in [9.17, 15) is 9.90 Å². The Bertz CT molecular complexity index is 825. The molecule has 0 saturated carbocycles. The number of phenols is 1. The zero-order chi connectivity index (χ0) is 17.9. The van der Waals surface area contributed by atoms with Gasteiger partial charge in [0.05, 0.1) is 22.5 Å².